The van der Waals surface area contributed by atoms with E-state index in [-0.39, 0.29) is 17.2 Å². The highest BCUT2D eigenvalue weighted by atomic mass is 32.1. The van der Waals surface area contributed by atoms with Gasteiger partial charge in [-0.15, -0.1) is 0 Å². The zero-order chi connectivity index (χ0) is 15.2. The van der Waals surface area contributed by atoms with Crippen molar-refractivity contribution in [2.45, 2.75) is 19.3 Å². The van der Waals surface area contributed by atoms with Crippen LogP contribution in [-0.4, -0.2) is 27.8 Å². The summed E-state index contributed by atoms with van der Waals surface area (Å²) < 4.78 is 5.42. The molecule has 3 N–H and O–H groups in total. The summed E-state index contributed by atoms with van der Waals surface area (Å²) in [5.41, 5.74) is 0.943. The minimum atomic E-state index is -0.834. The van der Waals surface area contributed by atoms with Crippen LogP contribution < -0.4 is 9.61 Å². The fourth-order valence-corrected chi connectivity index (χ4v) is 2.53. The fraction of sp³-hybridized carbons (Fsp3) is 0.286. The molecule has 0 spiro atoms. The highest BCUT2D eigenvalue weighted by Gasteiger charge is 2.07. The molecule has 2 aromatic rings. The summed E-state index contributed by atoms with van der Waals surface area (Å²) in [5.74, 6) is -0.256. The molecule has 6 nitrogen and oxygen atoms in total. The van der Waals surface area contributed by atoms with Gasteiger partial charge in [-0.1, -0.05) is 23.5 Å². The van der Waals surface area contributed by atoms with Gasteiger partial charge in [0.15, 0.2) is 0 Å². The molecule has 0 amide bonds. The molecule has 0 aliphatic rings. The number of thiazole rings is 1. The monoisotopic (exact) mass is 309 g/mol. The molecule has 0 saturated heterocycles. The van der Waals surface area contributed by atoms with E-state index in [1.54, 1.807) is 12.1 Å². The lowest BCUT2D eigenvalue weighted by Gasteiger charge is -2.06. The summed E-state index contributed by atoms with van der Waals surface area (Å²) in [6.07, 6.45) is 1.01. The van der Waals surface area contributed by atoms with Gasteiger partial charge in [0.2, 0.25) is 5.88 Å². The maximum absolute atomic E-state index is 11.1. The second-order valence-corrected chi connectivity index (χ2v) is 5.52. The third-order valence-electron chi connectivity index (χ3n) is 2.79. The third-order valence-corrected chi connectivity index (χ3v) is 3.66. The minimum Gasteiger partial charge on any atom is -0.494 e. The molecule has 21 heavy (non-hydrogen) atoms. The largest absolute Gasteiger partial charge is 0.494 e. The number of hydrogen-bond acceptors (Lipinski definition) is 5. The van der Waals surface area contributed by atoms with Gasteiger partial charge in [-0.05, 0) is 24.1 Å². The number of aliphatic carboxylic acids is 1. The normalized spacial score (nSPS) is 10.5. The van der Waals surface area contributed by atoms with Gasteiger partial charge in [0.1, 0.15) is 5.75 Å². The number of aromatic hydroxyl groups is 1. The first-order valence-electron chi connectivity index (χ1n) is 6.39. The van der Waals surface area contributed by atoms with E-state index < -0.39 is 5.97 Å². The molecule has 1 aromatic carbocycles. The number of H-pyrrole nitrogens is 1. The van der Waals surface area contributed by atoms with Crippen LogP contribution in [0, 0.1) is 0 Å². The number of carboxylic acid groups (broad SMARTS) is 1. The number of hydrogen-bond donors (Lipinski definition) is 3. The Kier molecular flexibility index (Phi) is 4.99. The number of rotatable bonds is 7. The van der Waals surface area contributed by atoms with E-state index >= 15 is 0 Å². The second-order valence-electron chi connectivity index (χ2n) is 4.45. The van der Waals surface area contributed by atoms with E-state index in [1.807, 2.05) is 12.1 Å². The van der Waals surface area contributed by atoms with Gasteiger partial charge >= 0.3 is 10.8 Å². The highest BCUT2D eigenvalue weighted by Crippen LogP contribution is 2.21. The van der Waals surface area contributed by atoms with Gasteiger partial charge in [0.05, 0.1) is 11.5 Å². The molecule has 0 unspecified atom stereocenters. The molecule has 0 radical (unpaired) electrons. The molecule has 0 saturated carbocycles. The van der Waals surface area contributed by atoms with E-state index in [4.69, 9.17) is 9.84 Å². The van der Waals surface area contributed by atoms with Crippen LogP contribution in [0.4, 0.5) is 0 Å². The average Bonchev–Trinajstić information content (AvgIpc) is 2.74. The van der Waals surface area contributed by atoms with Gasteiger partial charge in [-0.25, -0.2) is 0 Å². The van der Waals surface area contributed by atoms with Gasteiger partial charge in [-0.2, -0.15) is 0 Å². The third kappa shape index (κ3) is 4.64. The quantitative estimate of drug-likeness (QED) is 0.679. The Balaban J connectivity index is 1.88. The fourth-order valence-electron chi connectivity index (χ4n) is 1.77. The smallest absolute Gasteiger partial charge is 0.307 e. The molecule has 112 valence electrons. The van der Waals surface area contributed by atoms with Crippen molar-refractivity contribution in [3.05, 3.63) is 44.4 Å². The van der Waals surface area contributed by atoms with Gasteiger partial charge < -0.3 is 14.9 Å². The van der Waals surface area contributed by atoms with Crippen LogP contribution in [0.3, 0.4) is 0 Å². The summed E-state index contributed by atoms with van der Waals surface area (Å²) >= 11 is 0.985. The van der Waals surface area contributed by atoms with Gasteiger partial charge in [0, 0.05) is 12.8 Å². The molecule has 0 aliphatic carbocycles. The van der Waals surface area contributed by atoms with Gasteiger partial charge in [-0.3, -0.25) is 14.6 Å². The standard InChI is InChI=1S/C14H15NO5S/c16-12(17)2-1-7-20-10-5-3-9(4-6-10)8-11-13(18)15-14(19)21-11/h3-6,18H,1-2,7-8H2,(H,15,19)(H,16,17). The van der Waals surface area contributed by atoms with Crippen LogP contribution in [-0.2, 0) is 11.2 Å². The molecule has 0 atom stereocenters. The van der Waals surface area contributed by atoms with Crippen LogP contribution in [0.25, 0.3) is 0 Å². The number of aromatic amines is 1. The Morgan fingerprint density at radius 3 is 2.57 bits per heavy atom. The molecule has 1 heterocycles. The van der Waals surface area contributed by atoms with E-state index in [9.17, 15) is 14.7 Å². The molecule has 0 aliphatic heterocycles. The zero-order valence-corrected chi connectivity index (χ0v) is 12.0. The molecule has 7 heteroatoms. The molecule has 2 rings (SSSR count). The SMILES string of the molecule is O=C(O)CCCOc1ccc(Cc2sc(=O)[nH]c2O)cc1. The van der Waals surface area contributed by atoms with Crippen molar-refractivity contribution >= 4 is 17.3 Å². The van der Waals surface area contributed by atoms with E-state index in [2.05, 4.69) is 4.98 Å². The first kappa shape index (κ1) is 15.1. The van der Waals surface area contributed by atoms with Crippen LogP contribution in [0.15, 0.2) is 29.1 Å². The summed E-state index contributed by atoms with van der Waals surface area (Å²) in [6.45, 7) is 0.353. The minimum absolute atomic E-state index is 0.0843. The number of ether oxygens (including phenoxy) is 1. The summed E-state index contributed by atoms with van der Waals surface area (Å²) in [5, 5.41) is 18.0. The molecule has 0 fully saturated rings. The Morgan fingerprint density at radius 2 is 2.00 bits per heavy atom. The maximum atomic E-state index is 11.1. The maximum Gasteiger partial charge on any atom is 0.307 e. The zero-order valence-electron chi connectivity index (χ0n) is 11.2. The lowest BCUT2D eigenvalue weighted by Crippen LogP contribution is -2.02. The van der Waals surface area contributed by atoms with Crippen LogP contribution >= 0.6 is 11.3 Å². The van der Waals surface area contributed by atoms with Crippen molar-refractivity contribution in [2.24, 2.45) is 0 Å². The number of benzene rings is 1. The molecule has 0 bridgehead atoms. The van der Waals surface area contributed by atoms with Crippen molar-refractivity contribution in [3.63, 3.8) is 0 Å². The van der Waals surface area contributed by atoms with Crippen molar-refractivity contribution in [2.75, 3.05) is 6.61 Å². The topological polar surface area (TPSA) is 99.6 Å². The van der Waals surface area contributed by atoms with Crippen LogP contribution in [0.2, 0.25) is 0 Å². The number of nitrogens with one attached hydrogen (secondary N) is 1. The predicted octanol–water partition coefficient (Wildman–Crippen LogP) is 1.98. The first-order valence-corrected chi connectivity index (χ1v) is 7.21. The number of carboxylic acids is 1. The summed E-state index contributed by atoms with van der Waals surface area (Å²) in [4.78, 5) is 24.1. The predicted molar refractivity (Wildman–Crippen MR) is 78.2 cm³/mol. The molecular formula is C14H15NO5S. The average molecular weight is 309 g/mol. The van der Waals surface area contributed by atoms with Crippen molar-refractivity contribution in [1.82, 2.24) is 4.98 Å². The number of aromatic nitrogens is 1. The van der Waals surface area contributed by atoms with Gasteiger partial charge in [0.25, 0.3) is 0 Å². The highest BCUT2D eigenvalue weighted by molar-refractivity contribution is 7.09. The summed E-state index contributed by atoms with van der Waals surface area (Å²) in [7, 11) is 0. The van der Waals surface area contributed by atoms with E-state index in [1.165, 1.54) is 0 Å². The molecule has 1 aromatic heterocycles. The van der Waals surface area contributed by atoms with Crippen molar-refractivity contribution in [1.29, 1.82) is 0 Å². The Hall–Kier alpha value is -2.28. The first-order chi connectivity index (χ1) is 10.0. The lowest BCUT2D eigenvalue weighted by molar-refractivity contribution is -0.137. The number of carbonyl (C=O) groups is 1. The van der Waals surface area contributed by atoms with Crippen LogP contribution in [0.5, 0.6) is 11.6 Å². The Labute approximate surface area is 124 Å². The summed E-state index contributed by atoms with van der Waals surface area (Å²) in [6, 6.07) is 7.25. The lowest BCUT2D eigenvalue weighted by atomic mass is 10.1. The Morgan fingerprint density at radius 1 is 1.29 bits per heavy atom. The van der Waals surface area contributed by atoms with Crippen molar-refractivity contribution < 1.29 is 19.7 Å². The second kappa shape index (κ2) is 6.94. The van der Waals surface area contributed by atoms with Crippen LogP contribution in [0.1, 0.15) is 23.3 Å². The van der Waals surface area contributed by atoms with Crippen molar-refractivity contribution in [3.8, 4) is 11.6 Å². The Bertz CT molecular complexity index is 659. The van der Waals surface area contributed by atoms with E-state index in [0.717, 1.165) is 16.9 Å². The van der Waals surface area contributed by atoms with E-state index in [0.29, 0.717) is 30.1 Å². The molecular weight excluding hydrogens is 294 g/mol.